The molecule has 0 aliphatic heterocycles. The third-order valence-corrected chi connectivity index (χ3v) is 1.53. The van der Waals surface area contributed by atoms with E-state index in [0.717, 1.165) is 12.0 Å². The number of hydrogen-bond acceptors (Lipinski definition) is 3. The predicted molar refractivity (Wildman–Crippen MR) is 50.2 cm³/mol. The highest BCUT2D eigenvalue weighted by Gasteiger charge is 1.98. The number of nitrogens with zero attached hydrogens (tertiary/aromatic N) is 2. The molecule has 0 fully saturated rings. The molecule has 1 N–H and O–H groups in total. The van der Waals surface area contributed by atoms with Crippen LogP contribution in [0.15, 0.2) is 25.0 Å². The molecule has 4 nitrogen and oxygen atoms in total. The van der Waals surface area contributed by atoms with Crippen molar-refractivity contribution in [1.29, 1.82) is 0 Å². The van der Waals surface area contributed by atoms with E-state index in [0.29, 0.717) is 5.95 Å². The minimum absolute atomic E-state index is 0.302. The fourth-order valence-corrected chi connectivity index (χ4v) is 0.763. The van der Waals surface area contributed by atoms with E-state index >= 15 is 0 Å². The van der Waals surface area contributed by atoms with Crippen LogP contribution in [0, 0.1) is 0 Å². The van der Waals surface area contributed by atoms with Crippen molar-refractivity contribution in [2.45, 2.75) is 13.3 Å². The minimum atomic E-state index is -0.302. The summed E-state index contributed by atoms with van der Waals surface area (Å²) in [7, 11) is 0. The number of aryl methyl sites for hydroxylation is 1. The molecule has 0 aliphatic carbocycles. The average Bonchev–Trinajstić information content (AvgIpc) is 2.19. The quantitative estimate of drug-likeness (QED) is 0.705. The van der Waals surface area contributed by atoms with Crippen LogP contribution in [0.1, 0.15) is 12.5 Å². The maximum absolute atomic E-state index is 10.8. The molecule has 0 bridgehead atoms. The Bertz CT molecular complexity index is 305. The summed E-state index contributed by atoms with van der Waals surface area (Å²) in [4.78, 5) is 18.7. The fraction of sp³-hybridized carbons (Fsp3) is 0.222. The van der Waals surface area contributed by atoms with E-state index in [4.69, 9.17) is 0 Å². The zero-order valence-corrected chi connectivity index (χ0v) is 7.45. The van der Waals surface area contributed by atoms with Gasteiger partial charge in [0.25, 0.3) is 0 Å². The van der Waals surface area contributed by atoms with E-state index in [2.05, 4.69) is 21.9 Å². The SMILES string of the molecule is C=CC(=O)Nc1ncc(CC)cn1. The summed E-state index contributed by atoms with van der Waals surface area (Å²) in [6.07, 6.45) is 5.43. The highest BCUT2D eigenvalue weighted by molar-refractivity contribution is 5.97. The lowest BCUT2D eigenvalue weighted by Crippen LogP contribution is -2.10. The second-order valence-electron chi connectivity index (χ2n) is 2.46. The predicted octanol–water partition coefficient (Wildman–Crippen LogP) is 1.16. The molecule has 1 aromatic rings. The Morgan fingerprint density at radius 3 is 2.69 bits per heavy atom. The van der Waals surface area contributed by atoms with Crippen molar-refractivity contribution in [3.63, 3.8) is 0 Å². The van der Waals surface area contributed by atoms with Gasteiger partial charge in [-0.15, -0.1) is 0 Å². The van der Waals surface area contributed by atoms with Crippen molar-refractivity contribution in [2.75, 3.05) is 5.32 Å². The molecule has 0 radical (unpaired) electrons. The van der Waals surface area contributed by atoms with Crippen LogP contribution >= 0.6 is 0 Å². The van der Waals surface area contributed by atoms with Crippen LogP contribution in [-0.4, -0.2) is 15.9 Å². The average molecular weight is 177 g/mol. The number of carbonyl (C=O) groups excluding carboxylic acids is 1. The van der Waals surface area contributed by atoms with Crippen LogP contribution in [0.5, 0.6) is 0 Å². The van der Waals surface area contributed by atoms with Gasteiger partial charge >= 0.3 is 0 Å². The number of nitrogens with one attached hydrogen (secondary N) is 1. The topological polar surface area (TPSA) is 54.9 Å². The molecule has 1 amide bonds. The first kappa shape index (κ1) is 9.38. The van der Waals surface area contributed by atoms with Crippen molar-refractivity contribution >= 4 is 11.9 Å². The summed E-state index contributed by atoms with van der Waals surface area (Å²) in [6.45, 7) is 5.34. The normalized spacial score (nSPS) is 9.31. The maximum Gasteiger partial charge on any atom is 0.250 e. The van der Waals surface area contributed by atoms with Crippen molar-refractivity contribution in [1.82, 2.24) is 9.97 Å². The van der Waals surface area contributed by atoms with Gasteiger partial charge in [0, 0.05) is 12.4 Å². The molecule has 0 spiro atoms. The van der Waals surface area contributed by atoms with Gasteiger partial charge in [-0.3, -0.25) is 10.1 Å². The van der Waals surface area contributed by atoms with Crippen LogP contribution in [0.25, 0.3) is 0 Å². The van der Waals surface area contributed by atoms with Gasteiger partial charge in [0.2, 0.25) is 11.9 Å². The molecule has 0 saturated carbocycles. The first-order chi connectivity index (χ1) is 6.26. The van der Waals surface area contributed by atoms with Gasteiger partial charge in [-0.25, -0.2) is 9.97 Å². The smallest absolute Gasteiger partial charge is 0.250 e. The molecule has 1 heterocycles. The number of hydrogen-bond donors (Lipinski definition) is 1. The zero-order valence-electron chi connectivity index (χ0n) is 7.45. The van der Waals surface area contributed by atoms with Gasteiger partial charge in [0.1, 0.15) is 0 Å². The number of rotatable bonds is 3. The second-order valence-corrected chi connectivity index (χ2v) is 2.46. The molecule has 0 aliphatic rings. The highest BCUT2D eigenvalue weighted by Crippen LogP contribution is 2.00. The van der Waals surface area contributed by atoms with Gasteiger partial charge < -0.3 is 0 Å². The Morgan fingerprint density at radius 2 is 2.23 bits per heavy atom. The molecule has 0 saturated heterocycles. The number of carbonyl (C=O) groups is 1. The molecular formula is C9H11N3O. The van der Waals surface area contributed by atoms with Crippen molar-refractivity contribution in [3.05, 3.63) is 30.6 Å². The standard InChI is InChI=1S/C9H11N3O/c1-3-7-5-10-9(11-6-7)12-8(13)4-2/h4-6H,2-3H2,1H3,(H,10,11,12,13). The number of aromatic nitrogens is 2. The molecule has 13 heavy (non-hydrogen) atoms. The zero-order chi connectivity index (χ0) is 9.68. The molecule has 0 unspecified atom stereocenters. The third-order valence-electron chi connectivity index (χ3n) is 1.53. The van der Waals surface area contributed by atoms with Gasteiger partial charge in [0.05, 0.1) is 0 Å². The Kier molecular flexibility index (Phi) is 3.14. The summed E-state index contributed by atoms with van der Waals surface area (Å²) in [5, 5.41) is 2.46. The largest absolute Gasteiger partial charge is 0.291 e. The first-order valence-corrected chi connectivity index (χ1v) is 4.00. The number of anilines is 1. The van der Waals surface area contributed by atoms with Crippen LogP contribution in [0.3, 0.4) is 0 Å². The molecule has 1 rings (SSSR count). The van der Waals surface area contributed by atoms with E-state index in [1.165, 1.54) is 6.08 Å². The lowest BCUT2D eigenvalue weighted by atomic mass is 10.3. The van der Waals surface area contributed by atoms with Crippen molar-refractivity contribution < 1.29 is 4.79 Å². The number of amides is 1. The molecule has 0 atom stereocenters. The summed E-state index contributed by atoms with van der Waals surface area (Å²) in [6, 6.07) is 0. The monoisotopic (exact) mass is 177 g/mol. The van der Waals surface area contributed by atoms with Gasteiger partial charge in [-0.2, -0.15) is 0 Å². The van der Waals surface area contributed by atoms with Crippen LogP contribution in [-0.2, 0) is 11.2 Å². The minimum Gasteiger partial charge on any atom is -0.291 e. The van der Waals surface area contributed by atoms with Crippen molar-refractivity contribution in [3.8, 4) is 0 Å². The van der Waals surface area contributed by atoms with E-state index in [1.807, 2.05) is 6.92 Å². The Morgan fingerprint density at radius 1 is 1.62 bits per heavy atom. The summed E-state index contributed by atoms with van der Waals surface area (Å²) in [5.41, 5.74) is 1.04. The van der Waals surface area contributed by atoms with E-state index in [1.54, 1.807) is 12.4 Å². The van der Waals surface area contributed by atoms with Gasteiger partial charge in [0.15, 0.2) is 0 Å². The third kappa shape index (κ3) is 2.66. The summed E-state index contributed by atoms with van der Waals surface area (Å²) < 4.78 is 0. The molecule has 1 aromatic heterocycles. The Hall–Kier alpha value is -1.71. The van der Waals surface area contributed by atoms with Crippen LogP contribution in [0.4, 0.5) is 5.95 Å². The summed E-state index contributed by atoms with van der Waals surface area (Å²) in [5.74, 6) is 0.00588. The fourth-order valence-electron chi connectivity index (χ4n) is 0.763. The van der Waals surface area contributed by atoms with Gasteiger partial charge in [-0.05, 0) is 18.1 Å². The van der Waals surface area contributed by atoms with Crippen LogP contribution in [0.2, 0.25) is 0 Å². The second kappa shape index (κ2) is 4.35. The molecule has 4 heteroatoms. The lowest BCUT2D eigenvalue weighted by Gasteiger charge is -1.99. The Balaban J connectivity index is 2.69. The Labute approximate surface area is 76.7 Å². The van der Waals surface area contributed by atoms with E-state index in [-0.39, 0.29) is 5.91 Å². The molecular weight excluding hydrogens is 166 g/mol. The molecule has 68 valence electrons. The molecule has 0 aromatic carbocycles. The lowest BCUT2D eigenvalue weighted by molar-refractivity contribution is -0.111. The van der Waals surface area contributed by atoms with Crippen molar-refractivity contribution in [2.24, 2.45) is 0 Å². The van der Waals surface area contributed by atoms with Gasteiger partial charge in [-0.1, -0.05) is 13.5 Å². The van der Waals surface area contributed by atoms with E-state index < -0.39 is 0 Å². The van der Waals surface area contributed by atoms with E-state index in [9.17, 15) is 4.79 Å². The maximum atomic E-state index is 10.8. The first-order valence-electron chi connectivity index (χ1n) is 4.00. The van der Waals surface area contributed by atoms with Crippen LogP contribution < -0.4 is 5.32 Å². The summed E-state index contributed by atoms with van der Waals surface area (Å²) >= 11 is 0. The highest BCUT2D eigenvalue weighted by atomic mass is 16.1.